The van der Waals surface area contributed by atoms with Crippen molar-refractivity contribution in [2.24, 2.45) is 0 Å². The zero-order valence-corrected chi connectivity index (χ0v) is 9.95. The molecule has 0 aliphatic carbocycles. The summed E-state index contributed by atoms with van der Waals surface area (Å²) >= 11 is 1.46. The van der Waals surface area contributed by atoms with Crippen LogP contribution in [-0.4, -0.2) is 29.0 Å². The topological polar surface area (TPSA) is 66.8 Å². The van der Waals surface area contributed by atoms with Gasteiger partial charge in [-0.3, -0.25) is 0 Å². The number of rotatable bonds is 4. The van der Waals surface area contributed by atoms with E-state index in [0.717, 1.165) is 4.90 Å². The van der Waals surface area contributed by atoms with Crippen LogP contribution in [0.15, 0.2) is 23.1 Å². The van der Waals surface area contributed by atoms with Crippen LogP contribution in [0.5, 0.6) is 5.75 Å². The summed E-state index contributed by atoms with van der Waals surface area (Å²) in [5.41, 5.74) is 0.172. The highest BCUT2D eigenvalue weighted by Crippen LogP contribution is 2.29. The van der Waals surface area contributed by atoms with Crippen molar-refractivity contribution in [3.63, 3.8) is 0 Å². The molecule has 0 heterocycles. The summed E-state index contributed by atoms with van der Waals surface area (Å²) in [6, 6.07) is 4.73. The van der Waals surface area contributed by atoms with Gasteiger partial charge in [0.1, 0.15) is 5.75 Å². The molecular weight excluding hydrogens is 228 g/mol. The summed E-state index contributed by atoms with van der Waals surface area (Å²) in [5, 5.41) is 19.2. The Bertz CT molecular complexity index is 378. The molecule has 0 amide bonds. The highest BCUT2D eigenvalue weighted by atomic mass is 32.2. The van der Waals surface area contributed by atoms with Crippen LogP contribution in [0, 0.1) is 0 Å². The third-order valence-corrected chi connectivity index (χ3v) is 2.76. The van der Waals surface area contributed by atoms with Crippen molar-refractivity contribution >= 4 is 17.7 Å². The molecule has 1 atom stereocenters. The molecule has 1 aromatic carbocycles. The normalized spacial score (nSPS) is 12.2. The first kappa shape index (κ1) is 12.9. The zero-order valence-electron chi connectivity index (χ0n) is 9.14. The number of benzene rings is 1. The van der Waals surface area contributed by atoms with Gasteiger partial charge in [0.05, 0.1) is 6.61 Å². The molecule has 0 saturated heterocycles. The maximum absolute atomic E-state index is 11.3. The first-order valence-corrected chi connectivity index (χ1v) is 6.04. The molecule has 88 valence electrons. The van der Waals surface area contributed by atoms with Crippen molar-refractivity contribution in [3.05, 3.63) is 23.8 Å². The Morgan fingerprint density at radius 1 is 1.56 bits per heavy atom. The SMILES string of the molecule is CCOC(=O)C(O)c1cc(SC)ccc1O. The average Bonchev–Trinajstić information content (AvgIpc) is 2.29. The molecule has 2 N–H and O–H groups in total. The Morgan fingerprint density at radius 3 is 2.81 bits per heavy atom. The Morgan fingerprint density at radius 2 is 2.25 bits per heavy atom. The lowest BCUT2D eigenvalue weighted by atomic mass is 10.1. The van der Waals surface area contributed by atoms with Gasteiger partial charge in [-0.15, -0.1) is 11.8 Å². The molecular formula is C11H14O4S. The second-order valence-electron chi connectivity index (χ2n) is 3.08. The molecule has 0 aliphatic heterocycles. The lowest BCUT2D eigenvalue weighted by Crippen LogP contribution is -2.15. The van der Waals surface area contributed by atoms with Crippen LogP contribution >= 0.6 is 11.8 Å². The summed E-state index contributed by atoms with van der Waals surface area (Å²) in [5.74, 6) is -0.866. The average molecular weight is 242 g/mol. The Kier molecular flexibility index (Phi) is 4.64. The Balaban J connectivity index is 2.97. The number of aromatic hydroxyl groups is 1. The number of aliphatic hydroxyl groups excluding tert-OH is 1. The molecule has 1 aromatic rings. The lowest BCUT2D eigenvalue weighted by Gasteiger charge is -2.12. The van der Waals surface area contributed by atoms with E-state index in [1.54, 1.807) is 19.1 Å². The van der Waals surface area contributed by atoms with E-state index in [4.69, 9.17) is 0 Å². The monoisotopic (exact) mass is 242 g/mol. The fraction of sp³-hybridized carbons (Fsp3) is 0.364. The Hall–Kier alpha value is -1.20. The number of phenolic OH excluding ortho intramolecular Hbond substituents is 1. The summed E-state index contributed by atoms with van der Waals surface area (Å²) in [4.78, 5) is 12.2. The molecule has 1 unspecified atom stereocenters. The number of hydrogen-bond donors (Lipinski definition) is 2. The number of thioether (sulfide) groups is 1. The van der Waals surface area contributed by atoms with Crippen molar-refractivity contribution in [3.8, 4) is 5.75 Å². The molecule has 4 nitrogen and oxygen atoms in total. The van der Waals surface area contributed by atoms with E-state index in [-0.39, 0.29) is 17.9 Å². The van der Waals surface area contributed by atoms with Gasteiger partial charge < -0.3 is 14.9 Å². The van der Waals surface area contributed by atoms with Gasteiger partial charge in [-0.05, 0) is 31.4 Å². The summed E-state index contributed by atoms with van der Waals surface area (Å²) in [6.07, 6.45) is 0.430. The van der Waals surface area contributed by atoms with Gasteiger partial charge in [0.25, 0.3) is 0 Å². The highest BCUT2D eigenvalue weighted by molar-refractivity contribution is 7.98. The minimum Gasteiger partial charge on any atom is -0.508 e. The fourth-order valence-electron chi connectivity index (χ4n) is 1.23. The van der Waals surface area contributed by atoms with Crippen molar-refractivity contribution in [2.45, 2.75) is 17.9 Å². The van der Waals surface area contributed by atoms with Crippen molar-refractivity contribution in [1.82, 2.24) is 0 Å². The largest absolute Gasteiger partial charge is 0.508 e. The van der Waals surface area contributed by atoms with Gasteiger partial charge in [-0.1, -0.05) is 0 Å². The molecule has 0 aliphatic rings. The van der Waals surface area contributed by atoms with Crippen molar-refractivity contribution in [1.29, 1.82) is 0 Å². The quantitative estimate of drug-likeness (QED) is 0.621. The maximum Gasteiger partial charge on any atom is 0.339 e. The molecule has 1 rings (SSSR count). The number of hydrogen-bond acceptors (Lipinski definition) is 5. The third kappa shape index (κ3) is 2.90. The van der Waals surface area contributed by atoms with Gasteiger partial charge in [-0.2, -0.15) is 0 Å². The van der Waals surface area contributed by atoms with Crippen LogP contribution in [0.2, 0.25) is 0 Å². The van der Waals surface area contributed by atoms with Crippen LogP contribution < -0.4 is 0 Å². The second kappa shape index (κ2) is 5.77. The molecule has 16 heavy (non-hydrogen) atoms. The van der Waals surface area contributed by atoms with E-state index >= 15 is 0 Å². The minimum absolute atomic E-state index is 0.113. The second-order valence-corrected chi connectivity index (χ2v) is 3.96. The van der Waals surface area contributed by atoms with E-state index in [1.807, 2.05) is 6.26 Å². The molecule has 0 aromatic heterocycles. The summed E-state index contributed by atoms with van der Waals surface area (Å²) < 4.78 is 4.68. The van der Waals surface area contributed by atoms with Crippen LogP contribution in [0.25, 0.3) is 0 Å². The van der Waals surface area contributed by atoms with E-state index in [0.29, 0.717) is 0 Å². The number of phenols is 1. The van der Waals surface area contributed by atoms with Gasteiger partial charge in [0.2, 0.25) is 0 Å². The highest BCUT2D eigenvalue weighted by Gasteiger charge is 2.22. The predicted molar refractivity (Wildman–Crippen MR) is 61.5 cm³/mol. The van der Waals surface area contributed by atoms with Crippen LogP contribution in [0.3, 0.4) is 0 Å². The number of carbonyl (C=O) groups excluding carboxylic acids is 1. The van der Waals surface area contributed by atoms with Gasteiger partial charge in [0.15, 0.2) is 6.10 Å². The lowest BCUT2D eigenvalue weighted by molar-refractivity contribution is -0.153. The Labute approximate surface area is 98.2 Å². The molecule has 0 fully saturated rings. The molecule has 0 bridgehead atoms. The first-order valence-electron chi connectivity index (χ1n) is 4.81. The van der Waals surface area contributed by atoms with Gasteiger partial charge in [-0.25, -0.2) is 4.79 Å². The van der Waals surface area contributed by atoms with E-state index < -0.39 is 12.1 Å². The summed E-state index contributed by atoms with van der Waals surface area (Å²) in [7, 11) is 0. The van der Waals surface area contributed by atoms with Gasteiger partial charge >= 0.3 is 5.97 Å². The van der Waals surface area contributed by atoms with E-state index in [1.165, 1.54) is 17.8 Å². The zero-order chi connectivity index (χ0) is 12.1. The number of carbonyl (C=O) groups is 1. The van der Waals surface area contributed by atoms with E-state index in [2.05, 4.69) is 4.74 Å². The van der Waals surface area contributed by atoms with Crippen molar-refractivity contribution < 1.29 is 19.7 Å². The molecule has 5 heteroatoms. The van der Waals surface area contributed by atoms with Crippen LogP contribution in [0.1, 0.15) is 18.6 Å². The van der Waals surface area contributed by atoms with Gasteiger partial charge in [0, 0.05) is 10.5 Å². The number of esters is 1. The molecule has 0 radical (unpaired) electrons. The van der Waals surface area contributed by atoms with E-state index in [9.17, 15) is 15.0 Å². The van der Waals surface area contributed by atoms with Crippen LogP contribution in [0.4, 0.5) is 0 Å². The maximum atomic E-state index is 11.3. The van der Waals surface area contributed by atoms with Crippen molar-refractivity contribution in [2.75, 3.05) is 12.9 Å². The minimum atomic E-state index is -1.44. The molecule has 0 saturated carbocycles. The molecule has 0 spiro atoms. The fourth-order valence-corrected chi connectivity index (χ4v) is 1.68. The van der Waals surface area contributed by atoms with Crippen LogP contribution in [-0.2, 0) is 9.53 Å². The third-order valence-electron chi connectivity index (χ3n) is 2.04. The predicted octanol–water partition coefficient (Wildman–Crippen LogP) is 1.71. The number of aliphatic hydroxyl groups is 1. The number of ether oxygens (including phenoxy) is 1. The smallest absolute Gasteiger partial charge is 0.339 e. The first-order chi connectivity index (χ1) is 7.60. The standard InChI is InChI=1S/C11H14O4S/c1-3-15-11(14)10(13)8-6-7(16-2)4-5-9(8)12/h4-6,10,12-13H,3H2,1-2H3. The summed E-state index contributed by atoms with van der Waals surface area (Å²) in [6.45, 7) is 1.85.